The Labute approximate surface area is 149 Å². The van der Waals surface area contributed by atoms with E-state index >= 15 is 0 Å². The number of hydrogen-bond donors (Lipinski definition) is 1. The van der Waals surface area contributed by atoms with Crippen molar-refractivity contribution >= 4 is 24.8 Å². The number of nitrogens with zero attached hydrogens (tertiary/aromatic N) is 1. The Morgan fingerprint density at radius 2 is 1.96 bits per heavy atom. The molecule has 1 aliphatic heterocycles. The van der Waals surface area contributed by atoms with Crippen molar-refractivity contribution in [2.24, 2.45) is 5.73 Å². The highest BCUT2D eigenvalue weighted by molar-refractivity contribution is 5.85. The van der Waals surface area contributed by atoms with Crippen molar-refractivity contribution in [3.63, 3.8) is 0 Å². The molecule has 1 aromatic rings. The molecule has 23 heavy (non-hydrogen) atoms. The third-order valence-corrected chi connectivity index (χ3v) is 4.05. The summed E-state index contributed by atoms with van der Waals surface area (Å²) in [5, 5.41) is 0. The average molecular weight is 371 g/mol. The molecule has 1 heterocycles. The van der Waals surface area contributed by atoms with E-state index in [1.165, 1.54) is 6.07 Å². The molecule has 2 rings (SSSR count). The number of likely N-dealkylation sites (tertiary alicyclic amines) is 1. The zero-order valence-electron chi connectivity index (χ0n) is 13.3. The molecule has 0 aliphatic carbocycles. The van der Waals surface area contributed by atoms with E-state index in [4.69, 9.17) is 10.5 Å². The van der Waals surface area contributed by atoms with Gasteiger partial charge in [0, 0.05) is 18.2 Å². The van der Waals surface area contributed by atoms with Gasteiger partial charge in [-0.2, -0.15) is 0 Å². The first kappa shape index (κ1) is 22.4. The van der Waals surface area contributed by atoms with Crippen molar-refractivity contribution < 1.29 is 13.5 Å². The van der Waals surface area contributed by atoms with Gasteiger partial charge in [-0.3, -0.25) is 0 Å². The molecule has 0 bridgehead atoms. The lowest BCUT2D eigenvalue weighted by atomic mass is 9.99. The van der Waals surface area contributed by atoms with E-state index in [9.17, 15) is 8.78 Å². The van der Waals surface area contributed by atoms with Crippen LogP contribution in [0.5, 0.6) is 5.75 Å². The number of nitrogens with two attached hydrogens (primary N) is 1. The molecule has 1 fully saturated rings. The highest BCUT2D eigenvalue weighted by atomic mass is 35.5. The van der Waals surface area contributed by atoms with Crippen LogP contribution in [-0.2, 0) is 0 Å². The summed E-state index contributed by atoms with van der Waals surface area (Å²) in [5.74, 6) is -1.34. The van der Waals surface area contributed by atoms with Gasteiger partial charge in [0.15, 0.2) is 11.6 Å². The summed E-state index contributed by atoms with van der Waals surface area (Å²) in [4.78, 5) is 2.46. The molecule has 0 radical (unpaired) electrons. The van der Waals surface area contributed by atoms with Gasteiger partial charge >= 0.3 is 0 Å². The quantitative estimate of drug-likeness (QED) is 0.774. The molecular formula is C16H26Cl2F2N2O. The van der Waals surface area contributed by atoms with Crippen LogP contribution in [0.1, 0.15) is 32.6 Å². The molecule has 2 unspecified atom stereocenters. The van der Waals surface area contributed by atoms with Gasteiger partial charge in [0.2, 0.25) is 0 Å². The maximum absolute atomic E-state index is 13.0. The van der Waals surface area contributed by atoms with Crippen LogP contribution in [0, 0.1) is 11.6 Å². The van der Waals surface area contributed by atoms with Gasteiger partial charge in [0.25, 0.3) is 0 Å². The first-order valence-electron chi connectivity index (χ1n) is 7.63. The molecular weight excluding hydrogens is 345 g/mol. The highest BCUT2D eigenvalue weighted by Gasteiger charge is 2.22. The van der Waals surface area contributed by atoms with Crippen LogP contribution in [-0.4, -0.2) is 36.7 Å². The van der Waals surface area contributed by atoms with Gasteiger partial charge in [-0.25, -0.2) is 8.78 Å². The van der Waals surface area contributed by atoms with E-state index in [0.717, 1.165) is 50.9 Å². The van der Waals surface area contributed by atoms with E-state index < -0.39 is 11.6 Å². The highest BCUT2D eigenvalue weighted by Crippen LogP contribution is 2.17. The SMILES string of the molecule is CC1CC(N)CCN1CCCCOc1ccc(F)c(F)c1.Cl.Cl. The number of unbranched alkanes of at least 4 members (excludes halogenated alkanes) is 1. The zero-order valence-corrected chi connectivity index (χ0v) is 15.0. The van der Waals surface area contributed by atoms with E-state index in [1.807, 2.05) is 0 Å². The second-order valence-corrected chi connectivity index (χ2v) is 5.80. The lowest BCUT2D eigenvalue weighted by Gasteiger charge is -2.36. The largest absolute Gasteiger partial charge is 0.493 e. The number of halogens is 4. The summed E-state index contributed by atoms with van der Waals surface area (Å²) >= 11 is 0. The van der Waals surface area contributed by atoms with Crippen molar-refractivity contribution in [3.05, 3.63) is 29.8 Å². The molecule has 0 saturated carbocycles. The number of ether oxygens (including phenoxy) is 1. The van der Waals surface area contributed by atoms with Crippen LogP contribution in [0.2, 0.25) is 0 Å². The molecule has 2 N–H and O–H groups in total. The first-order valence-corrected chi connectivity index (χ1v) is 7.63. The third-order valence-electron chi connectivity index (χ3n) is 4.05. The maximum Gasteiger partial charge on any atom is 0.162 e. The monoisotopic (exact) mass is 370 g/mol. The van der Waals surface area contributed by atoms with E-state index in [-0.39, 0.29) is 24.8 Å². The van der Waals surface area contributed by atoms with Crippen molar-refractivity contribution in [1.82, 2.24) is 4.90 Å². The van der Waals surface area contributed by atoms with Gasteiger partial charge in [-0.15, -0.1) is 24.8 Å². The van der Waals surface area contributed by atoms with Gasteiger partial charge in [0.1, 0.15) is 5.75 Å². The minimum atomic E-state index is -0.869. The Morgan fingerprint density at radius 3 is 2.61 bits per heavy atom. The fourth-order valence-electron chi connectivity index (χ4n) is 2.76. The Hall–Kier alpha value is -0.620. The number of benzene rings is 1. The minimum Gasteiger partial charge on any atom is -0.493 e. The summed E-state index contributed by atoms with van der Waals surface area (Å²) in [6, 6.07) is 4.51. The normalized spacial score (nSPS) is 21.2. The Bertz CT molecular complexity index is 466. The Kier molecular flexibility index (Phi) is 10.7. The van der Waals surface area contributed by atoms with Gasteiger partial charge in [-0.1, -0.05) is 0 Å². The van der Waals surface area contributed by atoms with Crippen molar-refractivity contribution in [2.45, 2.75) is 44.7 Å². The molecule has 0 aromatic heterocycles. The minimum absolute atomic E-state index is 0. The second-order valence-electron chi connectivity index (χ2n) is 5.80. The summed E-state index contributed by atoms with van der Waals surface area (Å²) < 4.78 is 31.2. The van der Waals surface area contributed by atoms with Crippen LogP contribution in [0.15, 0.2) is 18.2 Å². The predicted molar refractivity (Wildman–Crippen MR) is 93.8 cm³/mol. The molecule has 0 amide bonds. The average Bonchev–Trinajstić information content (AvgIpc) is 2.44. The van der Waals surface area contributed by atoms with Crippen LogP contribution < -0.4 is 10.5 Å². The summed E-state index contributed by atoms with van der Waals surface area (Å²) in [7, 11) is 0. The van der Waals surface area contributed by atoms with Crippen LogP contribution in [0.4, 0.5) is 8.78 Å². The number of piperidine rings is 1. The topological polar surface area (TPSA) is 38.5 Å². The Morgan fingerprint density at radius 1 is 1.22 bits per heavy atom. The third kappa shape index (κ3) is 7.21. The Balaban J connectivity index is 0.00000242. The molecule has 134 valence electrons. The van der Waals surface area contributed by atoms with E-state index in [1.54, 1.807) is 0 Å². The van der Waals surface area contributed by atoms with Gasteiger partial charge < -0.3 is 15.4 Å². The second kappa shape index (κ2) is 11.0. The lowest BCUT2D eigenvalue weighted by molar-refractivity contribution is 0.142. The van der Waals surface area contributed by atoms with Gasteiger partial charge in [-0.05, 0) is 57.8 Å². The van der Waals surface area contributed by atoms with Crippen molar-refractivity contribution in [3.8, 4) is 5.75 Å². The molecule has 2 atom stereocenters. The predicted octanol–water partition coefficient (Wildman–Crippen LogP) is 3.78. The summed E-state index contributed by atoms with van der Waals surface area (Å²) in [6.45, 7) is 4.84. The first-order chi connectivity index (χ1) is 10.1. The number of hydrogen-bond acceptors (Lipinski definition) is 3. The number of rotatable bonds is 6. The molecule has 1 aliphatic rings. The zero-order chi connectivity index (χ0) is 15.2. The molecule has 1 saturated heterocycles. The lowest BCUT2D eigenvalue weighted by Crippen LogP contribution is -2.45. The summed E-state index contributed by atoms with van der Waals surface area (Å²) in [5.41, 5.74) is 5.95. The van der Waals surface area contributed by atoms with Crippen molar-refractivity contribution in [1.29, 1.82) is 0 Å². The fraction of sp³-hybridized carbons (Fsp3) is 0.625. The molecule has 7 heteroatoms. The van der Waals surface area contributed by atoms with E-state index in [0.29, 0.717) is 24.4 Å². The summed E-state index contributed by atoms with van der Waals surface area (Å²) in [6.07, 6.45) is 4.05. The van der Waals surface area contributed by atoms with Crippen LogP contribution in [0.25, 0.3) is 0 Å². The molecule has 1 aromatic carbocycles. The fourth-order valence-corrected chi connectivity index (χ4v) is 2.76. The van der Waals surface area contributed by atoms with Crippen LogP contribution in [0.3, 0.4) is 0 Å². The van der Waals surface area contributed by atoms with Crippen LogP contribution >= 0.6 is 24.8 Å². The van der Waals surface area contributed by atoms with E-state index in [2.05, 4.69) is 11.8 Å². The smallest absolute Gasteiger partial charge is 0.162 e. The van der Waals surface area contributed by atoms with Gasteiger partial charge in [0.05, 0.1) is 6.61 Å². The standard InChI is InChI=1S/C16H24F2N2O.2ClH/c1-12-10-13(19)6-8-20(12)7-2-3-9-21-14-4-5-15(17)16(18)11-14;;/h4-5,11-13H,2-3,6-10,19H2,1H3;2*1H. The molecule has 0 spiro atoms. The molecule has 3 nitrogen and oxygen atoms in total. The maximum atomic E-state index is 13.0. The van der Waals surface area contributed by atoms with Crippen molar-refractivity contribution in [2.75, 3.05) is 19.7 Å².